The molecular formula is C13H13BN2O4. The molecule has 2 aromatic rings. The average Bonchev–Trinajstić information content (AvgIpc) is 2.36. The summed E-state index contributed by atoms with van der Waals surface area (Å²) in [5, 5.41) is 28.4. The minimum Gasteiger partial charge on any atom is -0.507 e. The van der Waals surface area contributed by atoms with E-state index >= 15 is 0 Å². The van der Waals surface area contributed by atoms with Gasteiger partial charge in [0.05, 0.1) is 5.56 Å². The number of phenolic OH excluding ortho intramolecular Hbond substituents is 1. The van der Waals surface area contributed by atoms with E-state index in [4.69, 9.17) is 11.5 Å². The Balaban J connectivity index is 2.59. The van der Waals surface area contributed by atoms with Gasteiger partial charge in [-0.25, -0.2) is 0 Å². The molecule has 0 saturated heterocycles. The second-order valence-electron chi connectivity index (χ2n) is 4.33. The Hall–Kier alpha value is -2.51. The molecule has 7 N–H and O–H groups in total. The van der Waals surface area contributed by atoms with E-state index in [-0.39, 0.29) is 22.3 Å². The number of aromatic hydroxyl groups is 1. The van der Waals surface area contributed by atoms with Gasteiger partial charge >= 0.3 is 7.12 Å². The highest BCUT2D eigenvalue weighted by Gasteiger charge is 2.24. The van der Waals surface area contributed by atoms with Crippen molar-refractivity contribution in [2.75, 3.05) is 11.5 Å². The highest BCUT2D eigenvalue weighted by atomic mass is 16.4. The zero-order chi connectivity index (χ0) is 14.9. The molecule has 2 aromatic carbocycles. The maximum absolute atomic E-state index is 12.4. The quantitative estimate of drug-likeness (QED) is 0.290. The number of hydrogen-bond acceptors (Lipinski definition) is 6. The van der Waals surface area contributed by atoms with Crippen LogP contribution in [0.15, 0.2) is 36.4 Å². The Labute approximate surface area is 115 Å². The summed E-state index contributed by atoms with van der Waals surface area (Å²) in [6.45, 7) is 0. The molecule has 0 aliphatic carbocycles. The molecule has 0 aromatic heterocycles. The molecule has 0 atom stereocenters. The molecular weight excluding hydrogens is 259 g/mol. The Morgan fingerprint density at radius 2 is 1.65 bits per heavy atom. The minimum absolute atomic E-state index is 0.0870. The number of phenols is 1. The van der Waals surface area contributed by atoms with Crippen LogP contribution in [-0.4, -0.2) is 28.1 Å². The van der Waals surface area contributed by atoms with Crippen LogP contribution in [0.2, 0.25) is 0 Å². The van der Waals surface area contributed by atoms with Crippen LogP contribution in [0.3, 0.4) is 0 Å². The van der Waals surface area contributed by atoms with Crippen molar-refractivity contribution < 1.29 is 19.9 Å². The van der Waals surface area contributed by atoms with Crippen molar-refractivity contribution in [2.45, 2.75) is 0 Å². The number of carbonyl (C=O) groups is 1. The van der Waals surface area contributed by atoms with E-state index in [1.807, 2.05) is 0 Å². The lowest BCUT2D eigenvalue weighted by Crippen LogP contribution is -2.34. The van der Waals surface area contributed by atoms with E-state index in [0.29, 0.717) is 11.4 Å². The third-order valence-electron chi connectivity index (χ3n) is 2.82. The normalized spacial score (nSPS) is 10.3. The van der Waals surface area contributed by atoms with E-state index < -0.39 is 12.9 Å². The summed E-state index contributed by atoms with van der Waals surface area (Å²) in [6.07, 6.45) is 0. The van der Waals surface area contributed by atoms with Crippen LogP contribution in [0.4, 0.5) is 11.4 Å². The largest absolute Gasteiger partial charge is 0.507 e. The summed E-state index contributed by atoms with van der Waals surface area (Å²) in [5.41, 5.74) is 11.7. The van der Waals surface area contributed by atoms with Crippen molar-refractivity contribution in [3.8, 4) is 5.75 Å². The predicted octanol–water partition coefficient (Wildman–Crippen LogP) is -0.533. The predicted molar refractivity (Wildman–Crippen MR) is 76.6 cm³/mol. The zero-order valence-corrected chi connectivity index (χ0v) is 10.4. The van der Waals surface area contributed by atoms with Crippen molar-refractivity contribution in [2.24, 2.45) is 0 Å². The van der Waals surface area contributed by atoms with E-state index in [0.717, 1.165) is 0 Å². The van der Waals surface area contributed by atoms with Crippen molar-refractivity contribution in [1.82, 2.24) is 0 Å². The summed E-state index contributed by atoms with van der Waals surface area (Å²) in [6, 6.07) is 8.33. The maximum Gasteiger partial charge on any atom is 0.489 e. The maximum atomic E-state index is 12.4. The van der Waals surface area contributed by atoms with Gasteiger partial charge in [0, 0.05) is 16.9 Å². The Morgan fingerprint density at radius 1 is 1.05 bits per heavy atom. The van der Waals surface area contributed by atoms with Gasteiger partial charge in [-0.1, -0.05) is 12.1 Å². The molecule has 0 saturated carbocycles. The van der Waals surface area contributed by atoms with E-state index in [1.54, 1.807) is 0 Å². The molecule has 7 heteroatoms. The highest BCUT2D eigenvalue weighted by Crippen LogP contribution is 2.22. The second-order valence-corrected chi connectivity index (χ2v) is 4.33. The standard InChI is InChI=1S/C13H13BN2O4/c15-8-4-7(5-9(16)6-8)13(18)12-10(14(19)20)2-1-3-11(12)17/h1-6,17,19-20H,15-16H2. The lowest BCUT2D eigenvalue weighted by atomic mass is 9.75. The van der Waals surface area contributed by atoms with Crippen LogP contribution < -0.4 is 16.9 Å². The number of benzene rings is 2. The summed E-state index contributed by atoms with van der Waals surface area (Å²) >= 11 is 0. The third-order valence-corrected chi connectivity index (χ3v) is 2.82. The number of ketones is 1. The number of hydrogen-bond donors (Lipinski definition) is 5. The van der Waals surface area contributed by atoms with Crippen LogP contribution in [-0.2, 0) is 0 Å². The molecule has 0 heterocycles. The molecule has 20 heavy (non-hydrogen) atoms. The summed E-state index contributed by atoms with van der Waals surface area (Å²) < 4.78 is 0. The number of anilines is 2. The molecule has 0 fully saturated rings. The first-order chi connectivity index (χ1) is 9.40. The molecule has 102 valence electrons. The van der Waals surface area contributed by atoms with Crippen LogP contribution in [0.1, 0.15) is 15.9 Å². The molecule has 0 bridgehead atoms. The van der Waals surface area contributed by atoms with Crippen molar-refractivity contribution in [1.29, 1.82) is 0 Å². The Morgan fingerprint density at radius 3 is 2.20 bits per heavy atom. The molecule has 0 aliphatic heterocycles. The van der Waals surface area contributed by atoms with Gasteiger partial charge in [-0.3, -0.25) is 4.79 Å². The molecule has 2 rings (SSSR count). The van der Waals surface area contributed by atoms with Crippen LogP contribution in [0.5, 0.6) is 5.75 Å². The first kappa shape index (κ1) is 13.9. The number of nitrogens with two attached hydrogens (primary N) is 2. The van der Waals surface area contributed by atoms with Crippen molar-refractivity contribution in [3.63, 3.8) is 0 Å². The van der Waals surface area contributed by atoms with Crippen molar-refractivity contribution >= 4 is 29.7 Å². The van der Waals surface area contributed by atoms with Crippen LogP contribution in [0.25, 0.3) is 0 Å². The van der Waals surface area contributed by atoms with Gasteiger partial charge in [-0.2, -0.15) is 0 Å². The summed E-state index contributed by atoms with van der Waals surface area (Å²) in [4.78, 5) is 12.4. The fourth-order valence-electron chi connectivity index (χ4n) is 1.97. The van der Waals surface area contributed by atoms with E-state index in [9.17, 15) is 19.9 Å². The Kier molecular flexibility index (Phi) is 3.65. The topological polar surface area (TPSA) is 130 Å². The third kappa shape index (κ3) is 2.58. The molecule has 0 unspecified atom stereocenters. The Bertz CT molecular complexity index is 653. The molecule has 0 amide bonds. The minimum atomic E-state index is -1.88. The lowest BCUT2D eigenvalue weighted by molar-refractivity contribution is 0.103. The molecule has 6 nitrogen and oxygen atoms in total. The number of carbonyl (C=O) groups excluding carboxylic acids is 1. The van der Waals surface area contributed by atoms with Gasteiger partial charge in [0.1, 0.15) is 5.75 Å². The second kappa shape index (κ2) is 5.24. The van der Waals surface area contributed by atoms with E-state index in [1.165, 1.54) is 36.4 Å². The lowest BCUT2D eigenvalue weighted by Gasteiger charge is -2.11. The summed E-state index contributed by atoms with van der Waals surface area (Å²) in [7, 11) is -1.88. The number of nitrogen functional groups attached to an aromatic ring is 2. The van der Waals surface area contributed by atoms with Gasteiger partial charge in [-0.05, 0) is 29.7 Å². The van der Waals surface area contributed by atoms with Crippen molar-refractivity contribution in [3.05, 3.63) is 47.5 Å². The monoisotopic (exact) mass is 272 g/mol. The van der Waals surface area contributed by atoms with Crippen LogP contribution in [0, 0.1) is 0 Å². The smallest absolute Gasteiger partial charge is 0.489 e. The molecule has 0 aliphatic rings. The van der Waals surface area contributed by atoms with Gasteiger partial charge < -0.3 is 26.6 Å². The molecule has 0 spiro atoms. The average molecular weight is 272 g/mol. The first-order valence-electron chi connectivity index (χ1n) is 5.79. The fraction of sp³-hybridized carbons (Fsp3) is 0. The van der Waals surface area contributed by atoms with Gasteiger partial charge in [0.2, 0.25) is 0 Å². The fourth-order valence-corrected chi connectivity index (χ4v) is 1.97. The van der Waals surface area contributed by atoms with Gasteiger partial charge in [-0.15, -0.1) is 0 Å². The van der Waals surface area contributed by atoms with Gasteiger partial charge in [0.25, 0.3) is 0 Å². The summed E-state index contributed by atoms with van der Waals surface area (Å²) in [5.74, 6) is -0.938. The van der Waals surface area contributed by atoms with E-state index in [2.05, 4.69) is 0 Å². The SMILES string of the molecule is Nc1cc(N)cc(C(=O)c2c(O)cccc2B(O)O)c1. The van der Waals surface area contributed by atoms with Gasteiger partial charge in [0.15, 0.2) is 5.78 Å². The number of rotatable bonds is 3. The highest BCUT2D eigenvalue weighted by molar-refractivity contribution is 6.60. The molecule has 0 radical (unpaired) electrons. The zero-order valence-electron chi connectivity index (χ0n) is 10.4. The first-order valence-corrected chi connectivity index (χ1v) is 5.79. The van der Waals surface area contributed by atoms with Crippen LogP contribution >= 0.6 is 0 Å².